The fourth-order valence-electron chi connectivity index (χ4n) is 1.67. The van der Waals surface area contributed by atoms with Gasteiger partial charge in [0, 0.05) is 12.1 Å². The molecule has 3 nitrogen and oxygen atoms in total. The maximum absolute atomic E-state index is 11.1. The lowest BCUT2D eigenvalue weighted by Crippen LogP contribution is -2.20. The molecule has 3 N–H and O–H groups in total. The third kappa shape index (κ3) is 1.54. The average molecular weight is 188 g/mol. The quantitative estimate of drug-likeness (QED) is 0.680. The zero-order chi connectivity index (χ0) is 9.97. The fraction of sp³-hybridized carbons (Fsp3) is 0.182. The highest BCUT2D eigenvalue weighted by molar-refractivity contribution is 5.94. The molecule has 14 heavy (non-hydrogen) atoms. The number of amides is 1. The summed E-state index contributed by atoms with van der Waals surface area (Å²) in [6.45, 7) is 0.845. The second-order valence-corrected chi connectivity index (χ2v) is 3.27. The normalized spacial score (nSPS) is 19.9. The van der Waals surface area contributed by atoms with E-state index in [4.69, 9.17) is 5.73 Å². The summed E-state index contributed by atoms with van der Waals surface area (Å²) in [4.78, 5) is 11.1. The second-order valence-electron chi connectivity index (χ2n) is 3.27. The van der Waals surface area contributed by atoms with Gasteiger partial charge in [0.05, 0.1) is 6.04 Å². The summed E-state index contributed by atoms with van der Waals surface area (Å²) in [6.07, 6.45) is 4.09. The molecular formula is C11H12N2O. The number of carbonyl (C=O) groups is 1. The SMILES string of the molecule is NC(=O)c1ccccc1C1C=CCN1. The van der Waals surface area contributed by atoms with E-state index < -0.39 is 0 Å². The van der Waals surface area contributed by atoms with E-state index in [9.17, 15) is 4.79 Å². The van der Waals surface area contributed by atoms with Crippen LogP contribution in [0.3, 0.4) is 0 Å². The molecule has 1 aromatic carbocycles. The topological polar surface area (TPSA) is 55.1 Å². The molecule has 1 atom stereocenters. The lowest BCUT2D eigenvalue weighted by atomic mass is 10.0. The first kappa shape index (κ1) is 8.97. The molecule has 0 spiro atoms. The molecule has 1 heterocycles. The molecule has 0 bridgehead atoms. The molecule has 0 saturated heterocycles. The zero-order valence-electron chi connectivity index (χ0n) is 7.73. The van der Waals surface area contributed by atoms with E-state index in [1.165, 1.54) is 0 Å². The first-order valence-electron chi connectivity index (χ1n) is 4.58. The van der Waals surface area contributed by atoms with Crippen LogP contribution in [0.5, 0.6) is 0 Å². The molecule has 3 heteroatoms. The number of rotatable bonds is 2. The van der Waals surface area contributed by atoms with Crippen LogP contribution in [-0.2, 0) is 0 Å². The van der Waals surface area contributed by atoms with Crippen molar-refractivity contribution in [1.29, 1.82) is 0 Å². The van der Waals surface area contributed by atoms with Crippen LogP contribution in [0.25, 0.3) is 0 Å². The highest BCUT2D eigenvalue weighted by Gasteiger charge is 2.16. The smallest absolute Gasteiger partial charge is 0.249 e. The Morgan fingerprint density at radius 3 is 2.86 bits per heavy atom. The van der Waals surface area contributed by atoms with Gasteiger partial charge in [-0.3, -0.25) is 4.79 Å². The molecule has 0 aromatic heterocycles. The Morgan fingerprint density at radius 2 is 2.21 bits per heavy atom. The van der Waals surface area contributed by atoms with E-state index in [2.05, 4.69) is 5.32 Å². The van der Waals surface area contributed by atoms with Gasteiger partial charge >= 0.3 is 0 Å². The molecule has 0 saturated carbocycles. The van der Waals surface area contributed by atoms with Gasteiger partial charge in [0.1, 0.15) is 0 Å². The monoisotopic (exact) mass is 188 g/mol. The van der Waals surface area contributed by atoms with Gasteiger partial charge in [-0.25, -0.2) is 0 Å². The summed E-state index contributed by atoms with van der Waals surface area (Å²) in [5.74, 6) is -0.372. The van der Waals surface area contributed by atoms with E-state index in [-0.39, 0.29) is 11.9 Å². The van der Waals surface area contributed by atoms with Crippen LogP contribution in [0.4, 0.5) is 0 Å². The van der Waals surface area contributed by atoms with E-state index in [1.54, 1.807) is 6.07 Å². The number of hydrogen-bond acceptors (Lipinski definition) is 2. The van der Waals surface area contributed by atoms with Gasteiger partial charge in [-0.1, -0.05) is 30.4 Å². The molecule has 1 amide bonds. The highest BCUT2D eigenvalue weighted by atomic mass is 16.1. The Labute approximate surface area is 82.6 Å². The molecule has 0 aliphatic carbocycles. The Morgan fingerprint density at radius 1 is 1.43 bits per heavy atom. The maximum Gasteiger partial charge on any atom is 0.249 e. The van der Waals surface area contributed by atoms with Gasteiger partial charge in [0.25, 0.3) is 0 Å². The minimum absolute atomic E-state index is 0.124. The Bertz CT molecular complexity index is 385. The van der Waals surface area contributed by atoms with Crippen molar-refractivity contribution in [3.8, 4) is 0 Å². The molecule has 72 valence electrons. The van der Waals surface area contributed by atoms with Crippen LogP contribution in [-0.4, -0.2) is 12.5 Å². The first-order valence-corrected chi connectivity index (χ1v) is 4.58. The van der Waals surface area contributed by atoms with Gasteiger partial charge < -0.3 is 11.1 Å². The molecule has 1 aliphatic rings. The highest BCUT2D eigenvalue weighted by Crippen LogP contribution is 2.21. The van der Waals surface area contributed by atoms with Gasteiger partial charge in [0.15, 0.2) is 0 Å². The van der Waals surface area contributed by atoms with Gasteiger partial charge in [-0.05, 0) is 11.6 Å². The van der Waals surface area contributed by atoms with Crippen molar-refractivity contribution in [2.24, 2.45) is 5.73 Å². The summed E-state index contributed by atoms with van der Waals surface area (Å²) >= 11 is 0. The van der Waals surface area contributed by atoms with Crippen molar-refractivity contribution in [3.63, 3.8) is 0 Å². The van der Waals surface area contributed by atoms with E-state index in [0.717, 1.165) is 12.1 Å². The summed E-state index contributed by atoms with van der Waals surface area (Å²) < 4.78 is 0. The van der Waals surface area contributed by atoms with E-state index in [0.29, 0.717) is 5.56 Å². The van der Waals surface area contributed by atoms with Crippen LogP contribution in [0.15, 0.2) is 36.4 Å². The largest absolute Gasteiger partial charge is 0.366 e. The molecular weight excluding hydrogens is 176 g/mol. The third-order valence-electron chi connectivity index (χ3n) is 2.35. The Hall–Kier alpha value is -1.61. The van der Waals surface area contributed by atoms with Gasteiger partial charge in [-0.15, -0.1) is 0 Å². The van der Waals surface area contributed by atoms with Crippen molar-refractivity contribution in [3.05, 3.63) is 47.5 Å². The van der Waals surface area contributed by atoms with E-state index in [1.807, 2.05) is 30.4 Å². The predicted molar refractivity (Wildman–Crippen MR) is 54.8 cm³/mol. The minimum atomic E-state index is -0.372. The Kier molecular flexibility index (Phi) is 2.33. The number of hydrogen-bond donors (Lipinski definition) is 2. The number of primary amides is 1. The fourth-order valence-corrected chi connectivity index (χ4v) is 1.67. The molecule has 0 radical (unpaired) electrons. The van der Waals surface area contributed by atoms with Crippen LogP contribution in [0, 0.1) is 0 Å². The molecule has 1 aromatic rings. The Balaban J connectivity index is 2.40. The molecule has 1 unspecified atom stereocenters. The summed E-state index contributed by atoms with van der Waals surface area (Å²) in [5.41, 5.74) is 6.84. The third-order valence-corrected chi connectivity index (χ3v) is 2.35. The number of benzene rings is 1. The average Bonchev–Trinajstić information content (AvgIpc) is 2.70. The summed E-state index contributed by atoms with van der Waals surface area (Å²) in [7, 11) is 0. The van der Waals surface area contributed by atoms with Crippen molar-refractivity contribution >= 4 is 5.91 Å². The second kappa shape index (κ2) is 3.64. The molecule has 1 aliphatic heterocycles. The van der Waals surface area contributed by atoms with Crippen LogP contribution in [0.2, 0.25) is 0 Å². The van der Waals surface area contributed by atoms with E-state index >= 15 is 0 Å². The lowest BCUT2D eigenvalue weighted by molar-refractivity contribution is 0.0999. The summed E-state index contributed by atoms with van der Waals surface area (Å²) in [6, 6.07) is 7.54. The van der Waals surface area contributed by atoms with Crippen LogP contribution < -0.4 is 11.1 Å². The predicted octanol–water partition coefficient (Wildman–Crippen LogP) is 0.986. The van der Waals surface area contributed by atoms with Gasteiger partial charge in [0.2, 0.25) is 5.91 Å². The van der Waals surface area contributed by atoms with Crippen molar-refractivity contribution in [2.75, 3.05) is 6.54 Å². The number of nitrogens with two attached hydrogens (primary N) is 1. The molecule has 2 rings (SSSR count). The standard InChI is InChI=1S/C11H12N2O/c12-11(14)9-5-2-1-4-8(9)10-6-3-7-13-10/h1-6,10,13H,7H2,(H2,12,14). The van der Waals surface area contributed by atoms with Gasteiger partial charge in [-0.2, -0.15) is 0 Å². The minimum Gasteiger partial charge on any atom is -0.366 e. The maximum atomic E-state index is 11.1. The van der Waals surface area contributed by atoms with Crippen molar-refractivity contribution in [2.45, 2.75) is 6.04 Å². The van der Waals surface area contributed by atoms with Crippen LogP contribution in [0.1, 0.15) is 22.0 Å². The van der Waals surface area contributed by atoms with Crippen LogP contribution >= 0.6 is 0 Å². The summed E-state index contributed by atoms with van der Waals surface area (Å²) in [5, 5.41) is 3.25. The van der Waals surface area contributed by atoms with Crippen molar-refractivity contribution < 1.29 is 4.79 Å². The molecule has 0 fully saturated rings. The lowest BCUT2D eigenvalue weighted by Gasteiger charge is -2.12. The number of nitrogens with one attached hydrogen (secondary N) is 1. The number of carbonyl (C=O) groups excluding carboxylic acids is 1. The van der Waals surface area contributed by atoms with Crippen molar-refractivity contribution in [1.82, 2.24) is 5.32 Å². The first-order chi connectivity index (χ1) is 6.79. The zero-order valence-corrected chi connectivity index (χ0v) is 7.73.